The molecule has 0 radical (unpaired) electrons. The van der Waals surface area contributed by atoms with Gasteiger partial charge in [-0.25, -0.2) is 0 Å². The molecule has 1 unspecified atom stereocenters. The molecule has 0 spiro atoms. The van der Waals surface area contributed by atoms with E-state index in [-0.39, 0.29) is 11.9 Å². The van der Waals surface area contributed by atoms with Crippen molar-refractivity contribution in [2.24, 2.45) is 0 Å². The van der Waals surface area contributed by atoms with Gasteiger partial charge >= 0.3 is 0 Å². The molecule has 0 saturated carbocycles. The Labute approximate surface area is 129 Å². The molecular formula is C15H23BrN2O2. The van der Waals surface area contributed by atoms with Gasteiger partial charge in [0.15, 0.2) is 0 Å². The van der Waals surface area contributed by atoms with Crippen LogP contribution >= 0.6 is 15.9 Å². The SMILES string of the molecule is COCCNCC(=O)NC(C)CCc1ccc(Br)cc1. The van der Waals surface area contributed by atoms with Crippen LogP contribution in [0, 0.1) is 0 Å². The Balaban J connectivity index is 2.17. The monoisotopic (exact) mass is 342 g/mol. The van der Waals surface area contributed by atoms with Gasteiger partial charge in [-0.05, 0) is 37.5 Å². The molecule has 0 saturated heterocycles. The van der Waals surface area contributed by atoms with Crippen molar-refractivity contribution in [1.82, 2.24) is 10.6 Å². The molecule has 0 aliphatic carbocycles. The Kier molecular flexibility index (Phi) is 8.49. The van der Waals surface area contributed by atoms with Gasteiger partial charge < -0.3 is 15.4 Å². The second-order valence-corrected chi connectivity index (χ2v) is 5.72. The van der Waals surface area contributed by atoms with Gasteiger partial charge in [-0.1, -0.05) is 28.1 Å². The summed E-state index contributed by atoms with van der Waals surface area (Å²) < 4.78 is 5.99. The predicted octanol–water partition coefficient (Wildman–Crippen LogP) is 2.12. The minimum atomic E-state index is 0.0319. The second-order valence-electron chi connectivity index (χ2n) is 4.80. The summed E-state index contributed by atoms with van der Waals surface area (Å²) in [6, 6.07) is 8.46. The van der Waals surface area contributed by atoms with Crippen LogP contribution in [0.4, 0.5) is 0 Å². The van der Waals surface area contributed by atoms with E-state index in [0.29, 0.717) is 19.7 Å². The molecule has 0 aromatic heterocycles. The van der Waals surface area contributed by atoms with Crippen molar-refractivity contribution in [3.63, 3.8) is 0 Å². The highest BCUT2D eigenvalue weighted by Crippen LogP contribution is 2.12. The summed E-state index contributed by atoms with van der Waals surface area (Å²) >= 11 is 3.42. The lowest BCUT2D eigenvalue weighted by molar-refractivity contribution is -0.120. The van der Waals surface area contributed by atoms with Crippen molar-refractivity contribution in [2.45, 2.75) is 25.8 Å². The second kappa shape index (κ2) is 9.91. The van der Waals surface area contributed by atoms with Crippen LogP contribution in [0.3, 0.4) is 0 Å². The Morgan fingerprint density at radius 1 is 1.35 bits per heavy atom. The minimum Gasteiger partial charge on any atom is -0.383 e. The largest absolute Gasteiger partial charge is 0.383 e. The van der Waals surface area contributed by atoms with Gasteiger partial charge in [0.25, 0.3) is 0 Å². The first-order valence-corrected chi connectivity index (χ1v) is 7.64. The topological polar surface area (TPSA) is 50.4 Å². The summed E-state index contributed by atoms with van der Waals surface area (Å²) in [6.45, 7) is 3.68. The number of carbonyl (C=O) groups excluding carboxylic acids is 1. The van der Waals surface area contributed by atoms with Crippen molar-refractivity contribution >= 4 is 21.8 Å². The van der Waals surface area contributed by atoms with Gasteiger partial charge in [-0.15, -0.1) is 0 Å². The Morgan fingerprint density at radius 3 is 2.70 bits per heavy atom. The smallest absolute Gasteiger partial charge is 0.234 e. The number of ether oxygens (including phenoxy) is 1. The average Bonchev–Trinajstić information content (AvgIpc) is 2.43. The molecule has 0 fully saturated rings. The molecule has 1 amide bonds. The highest BCUT2D eigenvalue weighted by Gasteiger charge is 2.07. The number of benzene rings is 1. The molecule has 0 aliphatic rings. The molecular weight excluding hydrogens is 320 g/mol. The van der Waals surface area contributed by atoms with E-state index in [1.807, 2.05) is 19.1 Å². The van der Waals surface area contributed by atoms with E-state index in [4.69, 9.17) is 4.74 Å². The molecule has 112 valence electrons. The molecule has 1 rings (SSSR count). The first-order chi connectivity index (χ1) is 9.61. The lowest BCUT2D eigenvalue weighted by Gasteiger charge is -2.14. The van der Waals surface area contributed by atoms with E-state index in [1.54, 1.807) is 7.11 Å². The number of halogens is 1. The number of nitrogens with one attached hydrogen (secondary N) is 2. The summed E-state index contributed by atoms with van der Waals surface area (Å²) in [5.74, 6) is 0.0319. The summed E-state index contributed by atoms with van der Waals surface area (Å²) in [7, 11) is 1.64. The Hall–Kier alpha value is -0.910. The van der Waals surface area contributed by atoms with Gasteiger partial charge in [0.1, 0.15) is 0 Å². The maximum atomic E-state index is 11.7. The van der Waals surface area contributed by atoms with Crippen molar-refractivity contribution in [3.8, 4) is 0 Å². The van der Waals surface area contributed by atoms with E-state index >= 15 is 0 Å². The normalized spacial score (nSPS) is 12.2. The third-order valence-electron chi connectivity index (χ3n) is 2.96. The van der Waals surface area contributed by atoms with Crippen LogP contribution in [0.25, 0.3) is 0 Å². The van der Waals surface area contributed by atoms with Crippen molar-refractivity contribution in [3.05, 3.63) is 34.3 Å². The van der Waals surface area contributed by atoms with E-state index in [9.17, 15) is 4.79 Å². The lowest BCUT2D eigenvalue weighted by Crippen LogP contribution is -2.40. The van der Waals surface area contributed by atoms with Crippen LogP contribution in [0.15, 0.2) is 28.7 Å². The summed E-state index contributed by atoms with van der Waals surface area (Å²) in [5.41, 5.74) is 1.28. The maximum Gasteiger partial charge on any atom is 0.234 e. The van der Waals surface area contributed by atoms with Gasteiger partial charge in [0, 0.05) is 24.2 Å². The van der Waals surface area contributed by atoms with E-state index in [1.165, 1.54) is 5.56 Å². The van der Waals surface area contributed by atoms with Crippen LogP contribution < -0.4 is 10.6 Å². The fraction of sp³-hybridized carbons (Fsp3) is 0.533. The number of rotatable bonds is 9. The van der Waals surface area contributed by atoms with Crippen molar-refractivity contribution < 1.29 is 9.53 Å². The van der Waals surface area contributed by atoms with Crippen molar-refractivity contribution in [2.75, 3.05) is 26.8 Å². The molecule has 5 heteroatoms. The van der Waals surface area contributed by atoms with Crippen LogP contribution in [0.5, 0.6) is 0 Å². The zero-order chi connectivity index (χ0) is 14.8. The third kappa shape index (κ3) is 7.62. The Bertz CT molecular complexity index is 395. The minimum absolute atomic E-state index is 0.0319. The quantitative estimate of drug-likeness (QED) is 0.676. The Morgan fingerprint density at radius 2 is 2.05 bits per heavy atom. The molecule has 1 aromatic rings. The van der Waals surface area contributed by atoms with E-state index in [2.05, 4.69) is 38.7 Å². The summed E-state index contributed by atoms with van der Waals surface area (Å²) in [4.78, 5) is 11.7. The van der Waals surface area contributed by atoms with E-state index < -0.39 is 0 Å². The lowest BCUT2D eigenvalue weighted by atomic mass is 10.1. The molecule has 0 aliphatic heterocycles. The van der Waals surface area contributed by atoms with Gasteiger partial charge in [-0.3, -0.25) is 4.79 Å². The molecule has 1 aromatic carbocycles. The van der Waals surface area contributed by atoms with Crippen LogP contribution in [-0.4, -0.2) is 38.8 Å². The number of hydrogen-bond acceptors (Lipinski definition) is 3. The first kappa shape index (κ1) is 17.1. The molecule has 20 heavy (non-hydrogen) atoms. The number of carbonyl (C=O) groups is 1. The molecule has 1 atom stereocenters. The fourth-order valence-electron chi connectivity index (χ4n) is 1.81. The highest BCUT2D eigenvalue weighted by molar-refractivity contribution is 9.10. The summed E-state index contributed by atoms with van der Waals surface area (Å²) in [5, 5.41) is 6.02. The molecule has 2 N–H and O–H groups in total. The zero-order valence-electron chi connectivity index (χ0n) is 12.1. The standard InChI is InChI=1S/C15H23BrN2O2/c1-12(18-15(19)11-17-9-10-20-2)3-4-13-5-7-14(16)8-6-13/h5-8,12,17H,3-4,9-11H2,1-2H3,(H,18,19). The van der Waals surface area contributed by atoms with Gasteiger partial charge in [-0.2, -0.15) is 0 Å². The maximum absolute atomic E-state index is 11.7. The summed E-state index contributed by atoms with van der Waals surface area (Å²) in [6.07, 6.45) is 1.90. The zero-order valence-corrected chi connectivity index (χ0v) is 13.7. The van der Waals surface area contributed by atoms with Crippen LogP contribution in [0.1, 0.15) is 18.9 Å². The molecule has 0 bridgehead atoms. The van der Waals surface area contributed by atoms with Crippen LogP contribution in [0.2, 0.25) is 0 Å². The first-order valence-electron chi connectivity index (χ1n) is 6.85. The molecule has 0 heterocycles. The number of amides is 1. The number of methoxy groups -OCH3 is 1. The van der Waals surface area contributed by atoms with Gasteiger partial charge in [0.2, 0.25) is 5.91 Å². The van der Waals surface area contributed by atoms with Crippen LogP contribution in [-0.2, 0) is 16.0 Å². The number of hydrogen-bond donors (Lipinski definition) is 2. The predicted molar refractivity (Wildman–Crippen MR) is 84.8 cm³/mol. The van der Waals surface area contributed by atoms with Crippen molar-refractivity contribution in [1.29, 1.82) is 0 Å². The van der Waals surface area contributed by atoms with Gasteiger partial charge in [0.05, 0.1) is 13.2 Å². The average molecular weight is 343 g/mol. The van der Waals surface area contributed by atoms with E-state index in [0.717, 1.165) is 17.3 Å². The number of aryl methyl sites for hydroxylation is 1. The molecule has 4 nitrogen and oxygen atoms in total. The third-order valence-corrected chi connectivity index (χ3v) is 3.48. The fourth-order valence-corrected chi connectivity index (χ4v) is 2.07. The highest BCUT2D eigenvalue weighted by atomic mass is 79.9.